The number of allylic oxidation sites excluding steroid dienone is 4. The number of aliphatic hydroxyl groups excluding tert-OH is 1. The molecule has 7 rings (SSSR count). The van der Waals surface area contributed by atoms with Gasteiger partial charge >= 0.3 is 0 Å². The van der Waals surface area contributed by atoms with Crippen LogP contribution in [-0.2, 0) is 43.0 Å². The molecular formula is C55H75F2N5O11. The summed E-state index contributed by atoms with van der Waals surface area (Å²) in [7, 11) is 0. The molecule has 4 amide bonds. The Kier molecular flexibility index (Phi) is 17.7. The molecule has 5 aliphatic carbocycles. The van der Waals surface area contributed by atoms with Gasteiger partial charge in [0.25, 0.3) is 0 Å². The van der Waals surface area contributed by atoms with Crippen LogP contribution in [-0.4, -0.2) is 120 Å². The lowest BCUT2D eigenvalue weighted by Crippen LogP contribution is -2.71. The number of benzene rings is 1. The van der Waals surface area contributed by atoms with Crippen molar-refractivity contribution >= 4 is 40.9 Å². The van der Waals surface area contributed by atoms with Crippen molar-refractivity contribution in [3.8, 4) is 17.6 Å². The van der Waals surface area contributed by atoms with Crippen LogP contribution < -0.4 is 31.7 Å². The van der Waals surface area contributed by atoms with Crippen molar-refractivity contribution in [3.63, 3.8) is 0 Å². The van der Waals surface area contributed by atoms with Crippen LogP contribution in [0.25, 0.3) is 0 Å². The molecule has 3 saturated carbocycles. The van der Waals surface area contributed by atoms with Gasteiger partial charge in [-0.05, 0) is 132 Å². The zero-order valence-electron chi connectivity index (χ0n) is 43.1. The summed E-state index contributed by atoms with van der Waals surface area (Å²) < 4.78 is 58.7. The highest BCUT2D eigenvalue weighted by molar-refractivity contribution is 6.01. The first-order valence-corrected chi connectivity index (χ1v) is 26.3. The van der Waals surface area contributed by atoms with Gasteiger partial charge in [0.15, 0.2) is 23.3 Å². The number of carbonyl (C=O) groups is 6. The number of unbranched alkanes of at least 4 members (excludes halogenated alkanes) is 1. The number of nitrogens with two attached hydrogens (primary N) is 1. The first kappa shape index (κ1) is 55.7. The summed E-state index contributed by atoms with van der Waals surface area (Å²) in [6, 6.07) is 3.35. The fourth-order valence-electron chi connectivity index (χ4n) is 12.4. The molecule has 6 aliphatic rings. The van der Waals surface area contributed by atoms with Crippen LogP contribution in [0.2, 0.25) is 0 Å². The second kappa shape index (κ2) is 23.2. The van der Waals surface area contributed by atoms with Crippen LogP contribution in [0.4, 0.5) is 14.5 Å². The molecule has 0 radical (unpaired) electrons. The molecule has 73 heavy (non-hydrogen) atoms. The van der Waals surface area contributed by atoms with E-state index in [9.17, 15) is 33.9 Å². The van der Waals surface area contributed by atoms with E-state index in [0.717, 1.165) is 38.2 Å². The lowest BCUT2D eigenvalue weighted by molar-refractivity contribution is -0.234. The highest BCUT2D eigenvalue weighted by Gasteiger charge is 2.80. The average molecular weight is 1020 g/mol. The molecule has 1 heterocycles. The van der Waals surface area contributed by atoms with Crippen molar-refractivity contribution in [2.45, 2.75) is 185 Å². The number of hydrogen-bond acceptors (Lipinski definition) is 12. The maximum atomic E-state index is 17.9. The average Bonchev–Trinajstić information content (AvgIpc) is 3.82. The van der Waals surface area contributed by atoms with E-state index in [4.69, 9.17) is 24.7 Å². The molecule has 14 atom stereocenters. The second-order valence-corrected chi connectivity index (χ2v) is 21.6. The van der Waals surface area contributed by atoms with Gasteiger partial charge in [-0.2, -0.15) is 0 Å². The number of carbonyl (C=O) groups excluding carboxylic acids is 6. The third-order valence-corrected chi connectivity index (χ3v) is 16.4. The summed E-state index contributed by atoms with van der Waals surface area (Å²) in [4.78, 5) is 79.0. The van der Waals surface area contributed by atoms with Gasteiger partial charge in [-0.25, -0.2) is 8.78 Å². The number of halogens is 2. The molecule has 0 bridgehead atoms. The van der Waals surface area contributed by atoms with Crippen LogP contribution in [0.1, 0.15) is 125 Å². The molecule has 1 aromatic carbocycles. The van der Waals surface area contributed by atoms with E-state index in [0.29, 0.717) is 44.3 Å². The quantitative estimate of drug-likeness (QED) is 0.0672. The Balaban J connectivity index is 0.887. The summed E-state index contributed by atoms with van der Waals surface area (Å²) in [5, 5.41) is 22.9. The fraction of sp³-hybridized carbons (Fsp3) is 0.673. The van der Waals surface area contributed by atoms with E-state index in [1.807, 2.05) is 6.92 Å². The number of ketones is 2. The monoisotopic (exact) mass is 1020 g/mol. The second-order valence-electron chi connectivity index (χ2n) is 21.6. The SMILES string of the molecule is CCCC1O[C@@H]2C[C@H]3[C@@H]4C[C@H](F)C5=CC(=O)C=C[C@]5(C)[C@@]4(F)[C@@H](O)C[C@]3(C)[C@]2(C(=O)COc2ccc(NC(=O)[C@H](C)NC(=O)[C@@H](NC(=O)[C@H](N)CCCCNC(=O)COC3C#CCCCCC3)C(C)C)cc2)O1. The highest BCUT2D eigenvalue weighted by Crippen LogP contribution is 2.72. The molecule has 0 aromatic heterocycles. The number of hydrogen-bond donors (Lipinski definition) is 6. The van der Waals surface area contributed by atoms with Crippen molar-refractivity contribution in [2.75, 3.05) is 25.1 Å². The van der Waals surface area contributed by atoms with Crippen LogP contribution in [0.5, 0.6) is 5.75 Å². The van der Waals surface area contributed by atoms with Crippen LogP contribution in [0.3, 0.4) is 0 Å². The zero-order chi connectivity index (χ0) is 52.9. The minimum atomic E-state index is -2.33. The van der Waals surface area contributed by atoms with Crippen molar-refractivity contribution in [1.29, 1.82) is 0 Å². The third-order valence-electron chi connectivity index (χ3n) is 16.4. The zero-order valence-corrected chi connectivity index (χ0v) is 43.1. The number of anilines is 1. The molecule has 1 aromatic rings. The van der Waals surface area contributed by atoms with Gasteiger partial charge in [0, 0.05) is 35.4 Å². The van der Waals surface area contributed by atoms with Crippen molar-refractivity contribution < 1.29 is 61.6 Å². The van der Waals surface area contributed by atoms with Gasteiger partial charge in [0.2, 0.25) is 29.4 Å². The van der Waals surface area contributed by atoms with Crippen molar-refractivity contribution in [3.05, 3.63) is 48.1 Å². The van der Waals surface area contributed by atoms with E-state index in [1.54, 1.807) is 45.0 Å². The molecule has 1 aliphatic heterocycles. The topological polar surface area (TPSA) is 234 Å². The number of alkyl halides is 2. The van der Waals surface area contributed by atoms with Gasteiger partial charge in [0.05, 0.1) is 18.2 Å². The van der Waals surface area contributed by atoms with Gasteiger partial charge in [0.1, 0.15) is 43.3 Å². The third kappa shape index (κ3) is 11.3. The van der Waals surface area contributed by atoms with E-state index < -0.39 is 113 Å². The molecule has 1 saturated heterocycles. The summed E-state index contributed by atoms with van der Waals surface area (Å²) >= 11 is 0. The molecule has 4 fully saturated rings. The number of nitrogens with one attached hydrogen (secondary N) is 4. The van der Waals surface area contributed by atoms with Gasteiger partial charge in [-0.1, -0.05) is 52.5 Å². The van der Waals surface area contributed by atoms with E-state index in [-0.39, 0.29) is 55.1 Å². The maximum absolute atomic E-state index is 17.9. The van der Waals surface area contributed by atoms with Gasteiger partial charge in [-0.3, -0.25) is 28.8 Å². The Hall–Kier alpha value is -5.06. The lowest BCUT2D eigenvalue weighted by atomic mass is 9.44. The minimum absolute atomic E-state index is 0.0165. The minimum Gasteiger partial charge on any atom is -0.486 e. The summed E-state index contributed by atoms with van der Waals surface area (Å²) in [6.45, 7) is 10.2. The number of Topliss-reactive ketones (excluding diaryl/α,β-unsaturated/α-hetero) is 1. The molecular weight excluding hydrogens is 945 g/mol. The predicted molar refractivity (Wildman–Crippen MR) is 267 cm³/mol. The number of ether oxygens (including phenoxy) is 4. The molecule has 2 unspecified atom stereocenters. The Morgan fingerprint density at radius 1 is 0.973 bits per heavy atom. The smallest absolute Gasteiger partial charge is 0.246 e. The molecule has 18 heteroatoms. The Bertz CT molecular complexity index is 2350. The molecule has 16 nitrogen and oxygen atoms in total. The van der Waals surface area contributed by atoms with Crippen LogP contribution in [0, 0.1) is 40.4 Å². The fourth-order valence-corrected chi connectivity index (χ4v) is 12.4. The Labute approximate surface area is 427 Å². The van der Waals surface area contributed by atoms with Crippen LogP contribution in [0.15, 0.2) is 48.1 Å². The first-order valence-electron chi connectivity index (χ1n) is 26.3. The normalized spacial score (nSPS) is 33.4. The van der Waals surface area contributed by atoms with E-state index in [2.05, 4.69) is 33.1 Å². The van der Waals surface area contributed by atoms with Crippen molar-refractivity contribution in [2.24, 2.45) is 34.3 Å². The standard InChI is InChI=1S/C55H75F2N5O11/c1-7-15-47-72-45-28-38-39-27-41(56)40-26-35(63)23-24-52(40,5)54(39,57)43(64)29-53(38,6)55(45,73-47)44(65)30-70-37-21-19-34(20-22-37)61-49(67)33(4)60-51(69)48(32(2)3)62-50(68)42(58)18-13-14-25-59-46(66)31-71-36-16-11-9-8-10-12-17-36/h19-24,26,32-33,36,38-39,41-43,45,47-48,64H,7-11,13-16,18,25,27-31,58H2,1-6H3,(H,59,66)(H,60,69)(H,61,67)(H,62,68)/t33-,36?,38-,39-,41-,42+,43-,45+,47?,48-,52-,53-,54-,55+/m0/s1. The summed E-state index contributed by atoms with van der Waals surface area (Å²) in [6.07, 6.45) is 5.98. The van der Waals surface area contributed by atoms with Crippen molar-refractivity contribution in [1.82, 2.24) is 16.0 Å². The summed E-state index contributed by atoms with van der Waals surface area (Å²) in [5.74, 6) is 1.72. The predicted octanol–water partition coefficient (Wildman–Crippen LogP) is 5.39. The largest absolute Gasteiger partial charge is 0.486 e. The molecule has 400 valence electrons. The van der Waals surface area contributed by atoms with Crippen LogP contribution >= 0.6 is 0 Å². The number of amides is 4. The van der Waals surface area contributed by atoms with E-state index >= 15 is 8.78 Å². The maximum Gasteiger partial charge on any atom is 0.246 e. The lowest BCUT2D eigenvalue weighted by Gasteiger charge is -2.63. The van der Waals surface area contributed by atoms with Gasteiger partial charge < -0.3 is 51.1 Å². The molecule has 0 spiro atoms. The first-order chi connectivity index (χ1) is 34.7. The highest BCUT2D eigenvalue weighted by atomic mass is 19.1. The molecule has 7 N–H and O–H groups in total. The number of fused-ring (bicyclic) bond motifs is 7. The summed E-state index contributed by atoms with van der Waals surface area (Å²) in [5.41, 5.74) is -0.162. The van der Waals surface area contributed by atoms with E-state index in [1.165, 1.54) is 26.0 Å². The Morgan fingerprint density at radius 3 is 2.45 bits per heavy atom. The Morgan fingerprint density at radius 2 is 1.73 bits per heavy atom. The van der Waals surface area contributed by atoms with Gasteiger partial charge in [-0.15, -0.1) is 5.92 Å². The number of rotatable bonds is 21. The number of aliphatic hydroxyl groups is 1.